The van der Waals surface area contributed by atoms with Gasteiger partial charge in [-0.2, -0.15) is 0 Å². The number of rotatable bonds is 7. The minimum atomic E-state index is 0.338. The molecule has 0 bridgehead atoms. The zero-order valence-corrected chi connectivity index (χ0v) is 18.6. The Kier molecular flexibility index (Phi) is 5.96. The highest BCUT2D eigenvalue weighted by atomic mass is 16.5. The topological polar surface area (TPSA) is 77.7 Å². The van der Waals surface area contributed by atoms with E-state index < -0.39 is 0 Å². The summed E-state index contributed by atoms with van der Waals surface area (Å²) in [6, 6.07) is 10.2. The van der Waals surface area contributed by atoms with Crippen LogP contribution in [0.5, 0.6) is 5.75 Å². The summed E-state index contributed by atoms with van der Waals surface area (Å²) in [4.78, 5) is 11.3. The fourth-order valence-corrected chi connectivity index (χ4v) is 4.15. The maximum Gasteiger partial charge on any atom is 0.179 e. The van der Waals surface area contributed by atoms with Crippen LogP contribution in [0.25, 0.3) is 27.9 Å². The number of ether oxygens (including phenoxy) is 2. The van der Waals surface area contributed by atoms with Crippen molar-refractivity contribution in [3.8, 4) is 17.0 Å². The van der Waals surface area contributed by atoms with Gasteiger partial charge in [0.15, 0.2) is 5.65 Å². The van der Waals surface area contributed by atoms with E-state index in [4.69, 9.17) is 9.47 Å². The molecule has 0 spiro atoms. The summed E-state index contributed by atoms with van der Waals surface area (Å²) in [5.41, 5.74) is 4.48. The number of benzene rings is 1. The Bertz CT molecular complexity index is 1200. The lowest BCUT2D eigenvalue weighted by Gasteiger charge is -2.20. The molecule has 0 radical (unpaired) electrons. The standard InChI is InChI=1S/C24H28N6O2/c1-29(2)10-3-11-32-19-6-4-17(5-7-19)20-14-22-21(15-25-20)26-16-23-27-28-24(30(22)23)18-8-12-31-13-9-18/h4-7,14-16,18H,3,8-13H2,1-2H3. The molecule has 0 N–H and O–H groups in total. The number of hydrogen-bond donors (Lipinski definition) is 0. The predicted octanol–water partition coefficient (Wildman–Crippen LogP) is 3.56. The molecule has 1 fully saturated rings. The molecule has 4 aromatic rings. The van der Waals surface area contributed by atoms with Gasteiger partial charge in [-0.15, -0.1) is 10.2 Å². The lowest BCUT2D eigenvalue weighted by Crippen LogP contribution is -2.16. The van der Waals surface area contributed by atoms with Gasteiger partial charge in [-0.1, -0.05) is 0 Å². The van der Waals surface area contributed by atoms with Crippen molar-refractivity contribution in [3.63, 3.8) is 0 Å². The Hall–Kier alpha value is -3.10. The molecule has 0 unspecified atom stereocenters. The molecule has 1 aliphatic heterocycles. The SMILES string of the molecule is CN(C)CCCOc1ccc(-c2cc3c(cn2)ncc2nnc(C4CCOCC4)n23)cc1. The second-order valence-corrected chi connectivity index (χ2v) is 8.48. The molecule has 1 aliphatic rings. The second-order valence-electron chi connectivity index (χ2n) is 8.48. The first kappa shape index (κ1) is 20.8. The molecule has 0 saturated carbocycles. The van der Waals surface area contributed by atoms with E-state index in [0.717, 1.165) is 78.5 Å². The largest absolute Gasteiger partial charge is 0.494 e. The number of aromatic nitrogens is 5. The van der Waals surface area contributed by atoms with Gasteiger partial charge >= 0.3 is 0 Å². The minimum absolute atomic E-state index is 0.338. The summed E-state index contributed by atoms with van der Waals surface area (Å²) in [6.07, 6.45) is 6.50. The van der Waals surface area contributed by atoms with Crippen LogP contribution >= 0.6 is 0 Å². The molecule has 0 amide bonds. The van der Waals surface area contributed by atoms with Crippen molar-refractivity contribution in [1.29, 1.82) is 0 Å². The van der Waals surface area contributed by atoms with E-state index in [0.29, 0.717) is 12.5 Å². The molecule has 8 nitrogen and oxygen atoms in total. The van der Waals surface area contributed by atoms with E-state index >= 15 is 0 Å². The van der Waals surface area contributed by atoms with E-state index in [1.54, 1.807) is 6.20 Å². The van der Waals surface area contributed by atoms with Crippen LogP contribution < -0.4 is 4.74 Å². The number of pyridine rings is 1. The van der Waals surface area contributed by atoms with Crippen LogP contribution in [0.2, 0.25) is 0 Å². The van der Waals surface area contributed by atoms with Gasteiger partial charge in [-0.05, 0) is 63.7 Å². The van der Waals surface area contributed by atoms with Gasteiger partial charge in [-0.3, -0.25) is 9.38 Å². The fourth-order valence-electron chi connectivity index (χ4n) is 4.15. The van der Waals surface area contributed by atoms with E-state index in [9.17, 15) is 0 Å². The van der Waals surface area contributed by atoms with Crippen LogP contribution in [-0.2, 0) is 4.74 Å². The first-order valence-electron chi connectivity index (χ1n) is 11.1. The zero-order valence-electron chi connectivity index (χ0n) is 18.6. The highest BCUT2D eigenvalue weighted by molar-refractivity contribution is 5.81. The molecule has 3 aromatic heterocycles. The molecule has 5 rings (SSSR count). The van der Waals surface area contributed by atoms with Crippen molar-refractivity contribution in [2.45, 2.75) is 25.2 Å². The summed E-state index contributed by atoms with van der Waals surface area (Å²) in [5, 5.41) is 8.88. The quantitative estimate of drug-likeness (QED) is 0.413. The number of fused-ring (bicyclic) bond motifs is 3. The van der Waals surface area contributed by atoms with Gasteiger partial charge in [0.2, 0.25) is 0 Å². The average molecular weight is 433 g/mol. The third-order valence-electron chi connectivity index (χ3n) is 5.89. The maximum atomic E-state index is 5.86. The second kappa shape index (κ2) is 9.18. The first-order valence-corrected chi connectivity index (χ1v) is 11.1. The van der Waals surface area contributed by atoms with Gasteiger partial charge in [0.25, 0.3) is 0 Å². The zero-order chi connectivity index (χ0) is 21.9. The van der Waals surface area contributed by atoms with Crippen LogP contribution in [0.15, 0.2) is 42.7 Å². The fraction of sp³-hybridized carbons (Fsp3) is 0.417. The molecule has 0 atom stereocenters. The molecule has 1 saturated heterocycles. The lowest BCUT2D eigenvalue weighted by atomic mass is 9.99. The van der Waals surface area contributed by atoms with E-state index in [2.05, 4.69) is 61.8 Å². The van der Waals surface area contributed by atoms with Crippen molar-refractivity contribution in [2.24, 2.45) is 0 Å². The summed E-state index contributed by atoms with van der Waals surface area (Å²) < 4.78 is 13.5. The monoisotopic (exact) mass is 432 g/mol. The minimum Gasteiger partial charge on any atom is -0.494 e. The third-order valence-corrected chi connectivity index (χ3v) is 5.89. The van der Waals surface area contributed by atoms with Crippen LogP contribution in [0.4, 0.5) is 0 Å². The van der Waals surface area contributed by atoms with Crippen molar-refractivity contribution in [2.75, 3.05) is 40.5 Å². The highest BCUT2D eigenvalue weighted by Crippen LogP contribution is 2.29. The van der Waals surface area contributed by atoms with Crippen molar-refractivity contribution in [3.05, 3.63) is 48.5 Å². The third kappa shape index (κ3) is 4.28. The molecule has 166 valence electrons. The van der Waals surface area contributed by atoms with Gasteiger partial charge in [-0.25, -0.2) is 4.98 Å². The van der Waals surface area contributed by atoms with Crippen molar-refractivity contribution >= 4 is 16.7 Å². The molecular formula is C24H28N6O2. The van der Waals surface area contributed by atoms with E-state index in [-0.39, 0.29) is 0 Å². The summed E-state index contributed by atoms with van der Waals surface area (Å²) in [6.45, 7) is 3.25. The normalized spacial score (nSPS) is 15.1. The average Bonchev–Trinajstić information content (AvgIpc) is 3.27. The van der Waals surface area contributed by atoms with Crippen LogP contribution in [0.1, 0.15) is 31.0 Å². The van der Waals surface area contributed by atoms with Crippen LogP contribution in [0, 0.1) is 0 Å². The number of nitrogens with zero attached hydrogens (tertiary/aromatic N) is 6. The Morgan fingerprint density at radius 1 is 1.06 bits per heavy atom. The Balaban J connectivity index is 1.43. The van der Waals surface area contributed by atoms with Gasteiger partial charge < -0.3 is 14.4 Å². The summed E-state index contributed by atoms with van der Waals surface area (Å²) in [7, 11) is 4.14. The Labute approximate surface area is 187 Å². The highest BCUT2D eigenvalue weighted by Gasteiger charge is 2.22. The van der Waals surface area contributed by atoms with Crippen LogP contribution in [0.3, 0.4) is 0 Å². The van der Waals surface area contributed by atoms with Crippen LogP contribution in [-0.4, -0.2) is 69.9 Å². The molecular weight excluding hydrogens is 404 g/mol. The molecule has 0 aliphatic carbocycles. The Morgan fingerprint density at radius 2 is 1.88 bits per heavy atom. The molecule has 4 heterocycles. The van der Waals surface area contributed by atoms with E-state index in [1.165, 1.54) is 0 Å². The maximum absolute atomic E-state index is 5.86. The van der Waals surface area contributed by atoms with Crippen molar-refractivity contribution < 1.29 is 9.47 Å². The van der Waals surface area contributed by atoms with Gasteiger partial charge in [0, 0.05) is 31.2 Å². The summed E-state index contributed by atoms with van der Waals surface area (Å²) >= 11 is 0. The van der Waals surface area contributed by atoms with E-state index in [1.807, 2.05) is 18.3 Å². The smallest absolute Gasteiger partial charge is 0.179 e. The molecule has 32 heavy (non-hydrogen) atoms. The lowest BCUT2D eigenvalue weighted by molar-refractivity contribution is 0.0834. The predicted molar refractivity (Wildman–Crippen MR) is 123 cm³/mol. The Morgan fingerprint density at radius 3 is 2.66 bits per heavy atom. The molecule has 8 heteroatoms. The van der Waals surface area contributed by atoms with Crippen molar-refractivity contribution in [1.82, 2.24) is 29.5 Å². The summed E-state index contributed by atoms with van der Waals surface area (Å²) in [5.74, 6) is 2.19. The molecule has 1 aromatic carbocycles. The number of hydrogen-bond acceptors (Lipinski definition) is 7. The first-order chi connectivity index (χ1) is 15.7. The van der Waals surface area contributed by atoms with Gasteiger partial charge in [0.1, 0.15) is 17.1 Å². The van der Waals surface area contributed by atoms with Gasteiger partial charge in [0.05, 0.1) is 30.2 Å².